The summed E-state index contributed by atoms with van der Waals surface area (Å²) in [7, 11) is 0. The lowest BCUT2D eigenvalue weighted by Crippen LogP contribution is -2.27. The number of aromatic nitrogens is 2. The molecule has 0 aliphatic rings. The third kappa shape index (κ3) is 4.62. The molecule has 5 nitrogen and oxygen atoms in total. The lowest BCUT2D eigenvalue weighted by Gasteiger charge is -2.08. The van der Waals surface area contributed by atoms with Gasteiger partial charge >= 0.3 is 0 Å². The zero-order chi connectivity index (χ0) is 16.9. The number of hydrogen-bond acceptors (Lipinski definition) is 4. The number of anilines is 1. The molecule has 0 amide bonds. The summed E-state index contributed by atoms with van der Waals surface area (Å²) in [6, 6.07) is 15.4. The molecule has 0 unspecified atom stereocenters. The van der Waals surface area contributed by atoms with Crippen LogP contribution in [0.2, 0.25) is 0 Å². The summed E-state index contributed by atoms with van der Waals surface area (Å²) >= 11 is 12.1. The van der Waals surface area contributed by atoms with Crippen molar-refractivity contribution >= 4 is 54.9 Å². The average molecular weight is 468 g/mol. The van der Waals surface area contributed by atoms with E-state index in [1.165, 1.54) is 0 Å². The number of nitrogens with one attached hydrogen (secondary N) is 2. The van der Waals surface area contributed by atoms with Gasteiger partial charge in [0, 0.05) is 20.2 Å². The van der Waals surface area contributed by atoms with Gasteiger partial charge in [0.1, 0.15) is 0 Å². The summed E-state index contributed by atoms with van der Waals surface area (Å²) in [4.78, 5) is 4.36. The first-order valence-electron chi connectivity index (χ1n) is 6.99. The lowest BCUT2D eigenvalue weighted by atomic mass is 10.2. The van der Waals surface area contributed by atoms with Crippen LogP contribution in [0.4, 0.5) is 5.69 Å². The van der Waals surface area contributed by atoms with Crippen LogP contribution in [-0.4, -0.2) is 15.3 Å². The van der Waals surface area contributed by atoms with Crippen LogP contribution in [0.25, 0.3) is 11.4 Å². The van der Waals surface area contributed by atoms with Gasteiger partial charge < -0.3 is 15.2 Å². The number of benzene rings is 2. The molecule has 2 N–H and O–H groups in total. The highest BCUT2D eigenvalue weighted by atomic mass is 79.9. The standard InChI is InChI=1S/C16H12Br2N4OS/c17-11-4-6-13(7-5-11)20-16(24)19-9-14-21-15(22-23-14)10-2-1-3-12(18)8-10/h1-8H,9H2,(H2,19,20,24). The minimum atomic E-state index is 0.351. The molecule has 0 spiro atoms. The first kappa shape index (κ1) is 17.1. The number of halogens is 2. The monoisotopic (exact) mass is 466 g/mol. The summed E-state index contributed by atoms with van der Waals surface area (Å²) in [5, 5.41) is 10.6. The average Bonchev–Trinajstić information content (AvgIpc) is 3.04. The summed E-state index contributed by atoms with van der Waals surface area (Å²) in [5.41, 5.74) is 1.78. The van der Waals surface area contributed by atoms with Crippen LogP contribution in [-0.2, 0) is 6.54 Å². The zero-order valence-electron chi connectivity index (χ0n) is 12.3. The molecule has 8 heteroatoms. The molecule has 1 aromatic heterocycles. The quantitative estimate of drug-likeness (QED) is 0.540. The van der Waals surface area contributed by atoms with E-state index in [0.717, 1.165) is 20.2 Å². The second-order valence-electron chi connectivity index (χ2n) is 4.84. The Hall–Kier alpha value is -1.77. The molecule has 24 heavy (non-hydrogen) atoms. The first-order chi connectivity index (χ1) is 11.6. The van der Waals surface area contributed by atoms with Crippen molar-refractivity contribution in [1.29, 1.82) is 0 Å². The summed E-state index contributed by atoms with van der Waals surface area (Å²) in [5.74, 6) is 1.00. The minimum Gasteiger partial charge on any atom is -0.353 e. The fraction of sp³-hybridized carbons (Fsp3) is 0.0625. The van der Waals surface area contributed by atoms with Gasteiger partial charge in [-0.3, -0.25) is 0 Å². The topological polar surface area (TPSA) is 63.0 Å². The van der Waals surface area contributed by atoms with Crippen molar-refractivity contribution in [2.45, 2.75) is 6.54 Å². The maximum atomic E-state index is 5.26. The third-order valence-electron chi connectivity index (χ3n) is 3.05. The van der Waals surface area contributed by atoms with Crippen LogP contribution in [0.1, 0.15) is 5.89 Å². The van der Waals surface area contributed by atoms with E-state index in [0.29, 0.717) is 23.4 Å². The number of rotatable bonds is 4. The number of nitrogens with zero attached hydrogens (tertiary/aromatic N) is 2. The van der Waals surface area contributed by atoms with E-state index in [1.807, 2.05) is 48.5 Å². The Balaban J connectivity index is 1.57. The summed E-state index contributed by atoms with van der Waals surface area (Å²) < 4.78 is 7.22. The number of thiocarbonyl (C=S) groups is 1. The highest BCUT2D eigenvalue weighted by molar-refractivity contribution is 9.10. The van der Waals surface area contributed by atoms with Crippen molar-refractivity contribution in [3.8, 4) is 11.4 Å². The minimum absolute atomic E-state index is 0.351. The lowest BCUT2D eigenvalue weighted by molar-refractivity contribution is 0.376. The van der Waals surface area contributed by atoms with Gasteiger partial charge in [-0.2, -0.15) is 4.98 Å². The third-order valence-corrected chi connectivity index (χ3v) is 4.32. The van der Waals surface area contributed by atoms with Gasteiger partial charge in [0.05, 0.1) is 6.54 Å². The molecule has 0 radical (unpaired) electrons. The SMILES string of the molecule is S=C(NCc1nc(-c2cccc(Br)c2)no1)Nc1ccc(Br)cc1. The molecule has 3 aromatic rings. The van der Waals surface area contributed by atoms with Gasteiger partial charge in [-0.25, -0.2) is 0 Å². The fourth-order valence-corrected chi connectivity index (χ4v) is 2.79. The van der Waals surface area contributed by atoms with E-state index in [1.54, 1.807) is 0 Å². The molecule has 0 aliphatic heterocycles. The van der Waals surface area contributed by atoms with Gasteiger partial charge in [-0.15, -0.1) is 0 Å². The highest BCUT2D eigenvalue weighted by Crippen LogP contribution is 2.20. The van der Waals surface area contributed by atoms with Crippen LogP contribution in [0, 0.1) is 0 Å². The first-order valence-corrected chi connectivity index (χ1v) is 8.98. The molecule has 0 bridgehead atoms. The molecule has 0 saturated carbocycles. The zero-order valence-corrected chi connectivity index (χ0v) is 16.3. The second-order valence-corrected chi connectivity index (χ2v) is 7.08. The molecule has 0 aliphatic carbocycles. The van der Waals surface area contributed by atoms with E-state index in [-0.39, 0.29) is 0 Å². The fourth-order valence-electron chi connectivity index (χ4n) is 1.94. The molecule has 0 atom stereocenters. The van der Waals surface area contributed by atoms with Crippen molar-refractivity contribution < 1.29 is 4.52 Å². The Labute approximate surface area is 161 Å². The molecule has 0 saturated heterocycles. The normalized spacial score (nSPS) is 10.4. The Kier molecular flexibility index (Phi) is 5.60. The van der Waals surface area contributed by atoms with Crippen LogP contribution in [0.3, 0.4) is 0 Å². The van der Waals surface area contributed by atoms with E-state index in [4.69, 9.17) is 16.7 Å². The Morgan fingerprint density at radius 3 is 2.62 bits per heavy atom. The summed E-state index contributed by atoms with van der Waals surface area (Å²) in [6.45, 7) is 0.351. The number of hydrogen-bond donors (Lipinski definition) is 2. The van der Waals surface area contributed by atoms with Gasteiger partial charge in [0.15, 0.2) is 5.11 Å². The molecular formula is C16H12Br2N4OS. The van der Waals surface area contributed by atoms with Gasteiger partial charge in [0.2, 0.25) is 11.7 Å². The molecule has 1 heterocycles. The van der Waals surface area contributed by atoms with E-state index in [9.17, 15) is 0 Å². The predicted molar refractivity (Wildman–Crippen MR) is 105 cm³/mol. The molecule has 3 rings (SSSR count). The van der Waals surface area contributed by atoms with E-state index < -0.39 is 0 Å². The highest BCUT2D eigenvalue weighted by Gasteiger charge is 2.09. The van der Waals surface area contributed by atoms with Crippen LogP contribution in [0.5, 0.6) is 0 Å². The second kappa shape index (κ2) is 7.87. The van der Waals surface area contributed by atoms with Crippen molar-refractivity contribution in [2.75, 3.05) is 5.32 Å². The Morgan fingerprint density at radius 2 is 1.88 bits per heavy atom. The smallest absolute Gasteiger partial charge is 0.246 e. The van der Waals surface area contributed by atoms with Crippen LogP contribution >= 0.6 is 44.1 Å². The van der Waals surface area contributed by atoms with Crippen molar-refractivity contribution in [3.63, 3.8) is 0 Å². The van der Waals surface area contributed by atoms with Crippen LogP contribution < -0.4 is 10.6 Å². The predicted octanol–water partition coefficient (Wildman–Crippen LogP) is 4.75. The Morgan fingerprint density at radius 1 is 1.08 bits per heavy atom. The van der Waals surface area contributed by atoms with E-state index >= 15 is 0 Å². The van der Waals surface area contributed by atoms with Crippen molar-refractivity contribution in [3.05, 3.63) is 63.4 Å². The molecule has 2 aromatic carbocycles. The van der Waals surface area contributed by atoms with Gasteiger partial charge in [0.25, 0.3) is 0 Å². The summed E-state index contributed by atoms with van der Waals surface area (Å²) in [6.07, 6.45) is 0. The molecular weight excluding hydrogens is 456 g/mol. The van der Waals surface area contributed by atoms with Gasteiger partial charge in [-0.1, -0.05) is 49.1 Å². The van der Waals surface area contributed by atoms with Crippen LogP contribution in [0.15, 0.2) is 62.0 Å². The van der Waals surface area contributed by atoms with Crippen molar-refractivity contribution in [2.24, 2.45) is 0 Å². The maximum Gasteiger partial charge on any atom is 0.246 e. The maximum absolute atomic E-state index is 5.26. The van der Waals surface area contributed by atoms with Crippen molar-refractivity contribution in [1.82, 2.24) is 15.5 Å². The van der Waals surface area contributed by atoms with E-state index in [2.05, 4.69) is 52.6 Å². The van der Waals surface area contributed by atoms with Gasteiger partial charge in [-0.05, 0) is 48.6 Å². The molecule has 0 fully saturated rings. The Bertz CT molecular complexity index is 851. The largest absolute Gasteiger partial charge is 0.353 e. The molecule has 122 valence electrons.